The fraction of sp³-hybridized carbons (Fsp3) is 0.500. The molecule has 3 N–H and O–H groups in total. The third-order valence-electron chi connectivity index (χ3n) is 4.30. The first-order chi connectivity index (χ1) is 12.1. The first-order valence-electron chi connectivity index (χ1n) is 8.75. The number of carbonyl (C=O) groups is 1. The zero-order valence-electron chi connectivity index (χ0n) is 14.6. The molecule has 1 atom stereocenters. The van der Waals surface area contributed by atoms with Crippen LogP contribution < -0.4 is 11.1 Å². The van der Waals surface area contributed by atoms with Crippen LogP contribution in [0.15, 0.2) is 24.3 Å². The van der Waals surface area contributed by atoms with Gasteiger partial charge in [-0.05, 0) is 17.5 Å². The molecule has 25 heavy (non-hydrogen) atoms. The third kappa shape index (κ3) is 4.87. The van der Waals surface area contributed by atoms with Crippen molar-refractivity contribution in [3.8, 4) is 0 Å². The number of hydrogen-bond donors (Lipinski definition) is 2. The van der Waals surface area contributed by atoms with E-state index in [9.17, 15) is 4.79 Å². The second kappa shape index (κ2) is 8.22. The van der Waals surface area contributed by atoms with Crippen LogP contribution in [0.3, 0.4) is 0 Å². The fourth-order valence-electron chi connectivity index (χ4n) is 2.94. The number of hydrogen-bond acceptors (Lipinski definition) is 5. The van der Waals surface area contributed by atoms with E-state index in [1.54, 1.807) is 0 Å². The van der Waals surface area contributed by atoms with E-state index in [1.165, 1.54) is 5.56 Å². The van der Waals surface area contributed by atoms with Crippen LogP contribution in [0, 0.1) is 0 Å². The lowest BCUT2D eigenvalue weighted by Crippen LogP contribution is -2.40. The molecule has 7 heteroatoms. The summed E-state index contributed by atoms with van der Waals surface area (Å²) in [6, 6.07) is 8.47. The van der Waals surface area contributed by atoms with Gasteiger partial charge >= 0.3 is 0 Å². The Kier molecular flexibility index (Phi) is 5.78. The molecule has 1 aliphatic rings. The molecule has 2 aromatic rings. The molecule has 1 amide bonds. The molecule has 0 spiro atoms. The standard InChI is InChI=1S/C18H25N5O2/c1-2-13-3-5-14(6-4-13)12-23-18(9-15-11-20-7-8-25-15)21-17(22-23)10-16(19)24/h3-6,15,20H,2,7-12H2,1H3,(H2,19,24)/t15-/m1/s1. The van der Waals surface area contributed by atoms with Crippen molar-refractivity contribution in [1.82, 2.24) is 20.1 Å². The lowest BCUT2D eigenvalue weighted by atomic mass is 10.1. The van der Waals surface area contributed by atoms with Gasteiger partial charge < -0.3 is 15.8 Å². The van der Waals surface area contributed by atoms with Crippen LogP contribution in [-0.4, -0.2) is 46.5 Å². The van der Waals surface area contributed by atoms with Crippen molar-refractivity contribution in [1.29, 1.82) is 0 Å². The number of nitrogens with zero attached hydrogens (tertiary/aromatic N) is 3. The second-order valence-corrected chi connectivity index (χ2v) is 6.32. The lowest BCUT2D eigenvalue weighted by Gasteiger charge is -2.23. The molecule has 0 bridgehead atoms. The Morgan fingerprint density at radius 1 is 1.36 bits per heavy atom. The summed E-state index contributed by atoms with van der Waals surface area (Å²) in [6.07, 6.45) is 1.80. The highest BCUT2D eigenvalue weighted by Crippen LogP contribution is 2.12. The molecule has 1 aromatic heterocycles. The van der Waals surface area contributed by atoms with Crippen LogP contribution in [0.25, 0.3) is 0 Å². The Morgan fingerprint density at radius 2 is 2.12 bits per heavy atom. The smallest absolute Gasteiger partial charge is 0.225 e. The van der Waals surface area contributed by atoms with Crippen molar-refractivity contribution >= 4 is 5.91 Å². The highest BCUT2D eigenvalue weighted by atomic mass is 16.5. The summed E-state index contributed by atoms with van der Waals surface area (Å²) in [7, 11) is 0. The van der Waals surface area contributed by atoms with Crippen LogP contribution >= 0.6 is 0 Å². The Morgan fingerprint density at radius 3 is 2.76 bits per heavy atom. The van der Waals surface area contributed by atoms with Gasteiger partial charge in [0, 0.05) is 19.5 Å². The minimum absolute atomic E-state index is 0.0541. The molecule has 2 heterocycles. The largest absolute Gasteiger partial charge is 0.375 e. The summed E-state index contributed by atoms with van der Waals surface area (Å²) in [5.74, 6) is 0.868. The minimum atomic E-state index is -0.424. The van der Waals surface area contributed by atoms with Gasteiger partial charge in [-0.2, -0.15) is 5.10 Å². The Bertz CT molecular complexity index is 705. The van der Waals surface area contributed by atoms with Gasteiger partial charge in [-0.1, -0.05) is 31.2 Å². The third-order valence-corrected chi connectivity index (χ3v) is 4.30. The number of nitrogens with two attached hydrogens (primary N) is 1. The van der Waals surface area contributed by atoms with Crippen LogP contribution in [0.5, 0.6) is 0 Å². The summed E-state index contributed by atoms with van der Waals surface area (Å²) in [5, 5.41) is 7.80. The average Bonchev–Trinajstić information content (AvgIpc) is 2.96. The predicted molar refractivity (Wildman–Crippen MR) is 94.2 cm³/mol. The van der Waals surface area contributed by atoms with Crippen molar-refractivity contribution in [2.75, 3.05) is 19.7 Å². The number of nitrogens with one attached hydrogen (secondary N) is 1. The average molecular weight is 343 g/mol. The van der Waals surface area contributed by atoms with Gasteiger partial charge in [0.2, 0.25) is 5.91 Å². The SMILES string of the molecule is CCc1ccc(Cn2nc(CC(N)=O)nc2C[C@@H]2CNCCO2)cc1. The van der Waals surface area contributed by atoms with Crippen molar-refractivity contribution in [2.45, 2.75) is 38.8 Å². The van der Waals surface area contributed by atoms with E-state index in [4.69, 9.17) is 10.5 Å². The number of morpholine rings is 1. The van der Waals surface area contributed by atoms with Crippen LogP contribution in [0.4, 0.5) is 0 Å². The summed E-state index contributed by atoms with van der Waals surface area (Å²) in [6.45, 7) is 5.12. The maximum atomic E-state index is 11.2. The summed E-state index contributed by atoms with van der Waals surface area (Å²) >= 11 is 0. The molecular weight excluding hydrogens is 318 g/mol. The predicted octanol–water partition coefficient (Wildman–Crippen LogP) is 0.448. The highest BCUT2D eigenvalue weighted by Gasteiger charge is 2.19. The molecule has 1 fully saturated rings. The van der Waals surface area contributed by atoms with Crippen molar-refractivity contribution in [3.63, 3.8) is 0 Å². The van der Waals surface area contributed by atoms with Gasteiger partial charge in [0.1, 0.15) is 5.82 Å². The number of benzene rings is 1. The second-order valence-electron chi connectivity index (χ2n) is 6.32. The number of aryl methyl sites for hydroxylation is 1. The minimum Gasteiger partial charge on any atom is -0.375 e. The number of rotatable bonds is 7. The summed E-state index contributed by atoms with van der Waals surface area (Å²) < 4.78 is 7.63. The van der Waals surface area contributed by atoms with Crippen molar-refractivity contribution in [2.24, 2.45) is 5.73 Å². The van der Waals surface area contributed by atoms with Crippen molar-refractivity contribution in [3.05, 3.63) is 47.0 Å². The number of ether oxygens (including phenoxy) is 1. The zero-order chi connectivity index (χ0) is 17.6. The van der Waals surface area contributed by atoms with Gasteiger partial charge in [-0.3, -0.25) is 4.79 Å². The van der Waals surface area contributed by atoms with Gasteiger partial charge in [0.25, 0.3) is 0 Å². The number of carbonyl (C=O) groups excluding carboxylic acids is 1. The highest BCUT2D eigenvalue weighted by molar-refractivity contribution is 5.75. The molecule has 1 aromatic carbocycles. The van der Waals surface area contributed by atoms with E-state index < -0.39 is 5.91 Å². The van der Waals surface area contributed by atoms with Gasteiger partial charge in [-0.25, -0.2) is 9.67 Å². The fourth-order valence-corrected chi connectivity index (χ4v) is 2.94. The normalized spacial score (nSPS) is 17.6. The molecule has 0 aliphatic carbocycles. The summed E-state index contributed by atoms with van der Waals surface area (Å²) in [5.41, 5.74) is 7.74. The first kappa shape index (κ1) is 17.6. The Hall–Kier alpha value is -2.25. The molecule has 0 saturated carbocycles. The number of amides is 1. The quantitative estimate of drug-likeness (QED) is 0.761. The van der Waals surface area contributed by atoms with Crippen molar-refractivity contribution < 1.29 is 9.53 Å². The van der Waals surface area contributed by atoms with Crippen LogP contribution in [-0.2, 0) is 35.3 Å². The van der Waals surface area contributed by atoms with E-state index in [0.29, 0.717) is 25.4 Å². The lowest BCUT2D eigenvalue weighted by molar-refractivity contribution is -0.117. The summed E-state index contributed by atoms with van der Waals surface area (Å²) in [4.78, 5) is 15.7. The first-order valence-corrected chi connectivity index (χ1v) is 8.75. The van der Waals surface area contributed by atoms with E-state index in [-0.39, 0.29) is 12.5 Å². The van der Waals surface area contributed by atoms with Gasteiger partial charge in [0.05, 0.1) is 25.7 Å². The topological polar surface area (TPSA) is 95.1 Å². The molecule has 1 aliphatic heterocycles. The Balaban J connectivity index is 1.78. The van der Waals surface area contributed by atoms with Gasteiger partial charge in [0.15, 0.2) is 5.82 Å². The zero-order valence-corrected chi connectivity index (χ0v) is 14.6. The molecule has 3 rings (SSSR count). The van der Waals surface area contributed by atoms with Gasteiger partial charge in [-0.15, -0.1) is 0 Å². The molecular formula is C18H25N5O2. The van der Waals surface area contributed by atoms with Crippen LogP contribution in [0.2, 0.25) is 0 Å². The van der Waals surface area contributed by atoms with E-state index in [2.05, 4.69) is 46.6 Å². The Labute approximate surface area is 147 Å². The molecule has 1 saturated heterocycles. The van der Waals surface area contributed by atoms with E-state index in [0.717, 1.165) is 30.9 Å². The monoisotopic (exact) mass is 343 g/mol. The molecule has 7 nitrogen and oxygen atoms in total. The number of aromatic nitrogens is 3. The number of primary amides is 1. The maximum absolute atomic E-state index is 11.2. The van der Waals surface area contributed by atoms with E-state index >= 15 is 0 Å². The molecule has 0 radical (unpaired) electrons. The molecule has 134 valence electrons. The maximum Gasteiger partial charge on any atom is 0.225 e. The molecule has 0 unspecified atom stereocenters. The van der Waals surface area contributed by atoms with Crippen LogP contribution in [0.1, 0.15) is 29.7 Å². The van der Waals surface area contributed by atoms with E-state index in [1.807, 2.05) is 4.68 Å².